The first-order chi connectivity index (χ1) is 13.4. The lowest BCUT2D eigenvalue weighted by molar-refractivity contribution is -0.119. The predicted octanol–water partition coefficient (Wildman–Crippen LogP) is 4.01. The minimum Gasteiger partial charge on any atom is -0.452 e. The highest BCUT2D eigenvalue weighted by atomic mass is 35.5. The van der Waals surface area contributed by atoms with Gasteiger partial charge in [-0.3, -0.25) is 9.36 Å². The summed E-state index contributed by atoms with van der Waals surface area (Å²) in [5, 5.41) is 12.6. The summed E-state index contributed by atoms with van der Waals surface area (Å²) < 4.78 is 12.2. The van der Waals surface area contributed by atoms with Crippen molar-refractivity contribution >= 4 is 29.2 Å². The number of furan rings is 1. The SMILES string of the molecule is Cc1oc(-n2cccc2)c(C#N)c1C(=O)OCC(=O)Nc1cccc(Cl)c1C. The Morgan fingerprint density at radius 2 is 1.96 bits per heavy atom. The van der Waals surface area contributed by atoms with Crippen molar-refractivity contribution in [2.75, 3.05) is 11.9 Å². The molecule has 0 atom stereocenters. The third-order valence-electron chi connectivity index (χ3n) is 4.10. The molecule has 0 aliphatic heterocycles. The Kier molecular flexibility index (Phi) is 5.52. The highest BCUT2D eigenvalue weighted by Gasteiger charge is 2.26. The fourth-order valence-corrected chi connectivity index (χ4v) is 2.84. The van der Waals surface area contributed by atoms with Crippen LogP contribution in [0.3, 0.4) is 0 Å². The molecule has 0 fully saturated rings. The average Bonchev–Trinajstić information content (AvgIpc) is 3.30. The quantitative estimate of drug-likeness (QED) is 0.656. The van der Waals surface area contributed by atoms with Crippen LogP contribution in [0.4, 0.5) is 5.69 Å². The number of carbonyl (C=O) groups is 2. The van der Waals surface area contributed by atoms with Crippen LogP contribution in [-0.4, -0.2) is 23.1 Å². The van der Waals surface area contributed by atoms with Gasteiger partial charge < -0.3 is 14.5 Å². The van der Waals surface area contributed by atoms with Crippen molar-refractivity contribution in [3.05, 3.63) is 70.2 Å². The number of esters is 1. The van der Waals surface area contributed by atoms with Crippen molar-refractivity contribution in [1.82, 2.24) is 4.57 Å². The number of amides is 1. The number of halogens is 1. The molecule has 3 rings (SSSR count). The van der Waals surface area contributed by atoms with Crippen LogP contribution in [0.1, 0.15) is 27.2 Å². The van der Waals surface area contributed by atoms with Crippen LogP contribution in [0.2, 0.25) is 5.02 Å². The standard InChI is InChI=1S/C20H16ClN3O4/c1-12-15(21)6-5-7-16(12)23-17(25)11-27-20(26)18-13(2)28-19(14(18)10-22)24-8-3-4-9-24/h3-9H,11H2,1-2H3,(H,23,25). The number of nitrogens with zero attached hydrogens (tertiary/aromatic N) is 2. The van der Waals surface area contributed by atoms with Crippen LogP contribution in [0, 0.1) is 25.2 Å². The van der Waals surface area contributed by atoms with Gasteiger partial charge in [-0.15, -0.1) is 0 Å². The third-order valence-corrected chi connectivity index (χ3v) is 4.51. The Labute approximate surface area is 166 Å². The first kappa shape index (κ1) is 19.3. The number of rotatable bonds is 5. The molecule has 2 heterocycles. The zero-order valence-electron chi connectivity index (χ0n) is 15.2. The van der Waals surface area contributed by atoms with Crippen molar-refractivity contribution in [2.45, 2.75) is 13.8 Å². The van der Waals surface area contributed by atoms with Gasteiger partial charge in [-0.1, -0.05) is 17.7 Å². The zero-order chi connectivity index (χ0) is 20.3. The van der Waals surface area contributed by atoms with Gasteiger partial charge in [0.1, 0.15) is 23.0 Å². The minimum absolute atomic E-state index is 0.00191. The molecule has 0 saturated heterocycles. The lowest BCUT2D eigenvalue weighted by atomic mass is 10.1. The van der Waals surface area contributed by atoms with Gasteiger partial charge in [-0.25, -0.2) is 4.79 Å². The van der Waals surface area contributed by atoms with E-state index in [1.807, 2.05) is 6.07 Å². The van der Waals surface area contributed by atoms with E-state index >= 15 is 0 Å². The monoisotopic (exact) mass is 397 g/mol. The van der Waals surface area contributed by atoms with Gasteiger partial charge in [0.05, 0.1) is 0 Å². The Hall–Kier alpha value is -3.50. The molecule has 7 nitrogen and oxygen atoms in total. The summed E-state index contributed by atoms with van der Waals surface area (Å²) in [4.78, 5) is 24.6. The molecule has 0 radical (unpaired) electrons. The fourth-order valence-electron chi connectivity index (χ4n) is 2.66. The molecule has 0 unspecified atom stereocenters. The van der Waals surface area contributed by atoms with Crippen molar-refractivity contribution in [1.29, 1.82) is 5.26 Å². The maximum absolute atomic E-state index is 12.5. The molecular formula is C20H16ClN3O4. The third kappa shape index (κ3) is 3.77. The molecule has 3 aromatic rings. The fraction of sp³-hybridized carbons (Fsp3) is 0.150. The van der Waals surface area contributed by atoms with Gasteiger partial charge >= 0.3 is 5.97 Å². The number of hydrogen-bond donors (Lipinski definition) is 1. The second-order valence-corrected chi connectivity index (χ2v) is 6.36. The van der Waals surface area contributed by atoms with Gasteiger partial charge in [0.2, 0.25) is 5.88 Å². The van der Waals surface area contributed by atoms with Gasteiger partial charge in [0.15, 0.2) is 6.61 Å². The summed E-state index contributed by atoms with van der Waals surface area (Å²) in [5.41, 5.74) is 1.28. The molecule has 8 heteroatoms. The summed E-state index contributed by atoms with van der Waals surface area (Å²) in [6, 6.07) is 10.6. The summed E-state index contributed by atoms with van der Waals surface area (Å²) >= 11 is 6.02. The summed E-state index contributed by atoms with van der Waals surface area (Å²) in [5.74, 6) is -0.884. The molecule has 28 heavy (non-hydrogen) atoms. The molecule has 0 saturated carbocycles. The van der Waals surface area contributed by atoms with Crippen LogP contribution in [0.25, 0.3) is 5.88 Å². The van der Waals surface area contributed by atoms with Crippen molar-refractivity contribution in [3.63, 3.8) is 0 Å². The van der Waals surface area contributed by atoms with Crippen molar-refractivity contribution in [2.24, 2.45) is 0 Å². The van der Waals surface area contributed by atoms with E-state index in [2.05, 4.69) is 5.32 Å². The first-order valence-electron chi connectivity index (χ1n) is 8.31. The number of nitrogens with one attached hydrogen (secondary N) is 1. The van der Waals surface area contributed by atoms with E-state index in [0.717, 1.165) is 0 Å². The topological polar surface area (TPSA) is 97.3 Å². The molecule has 1 aromatic carbocycles. The van der Waals surface area contributed by atoms with Gasteiger partial charge in [-0.2, -0.15) is 5.26 Å². The molecule has 0 aliphatic rings. The second-order valence-electron chi connectivity index (χ2n) is 5.95. The molecule has 1 N–H and O–H groups in total. The summed E-state index contributed by atoms with van der Waals surface area (Å²) in [6.07, 6.45) is 3.38. The second kappa shape index (κ2) is 8.03. The molecule has 0 bridgehead atoms. The Bertz CT molecular complexity index is 1080. The van der Waals surface area contributed by atoms with E-state index in [4.69, 9.17) is 20.8 Å². The Morgan fingerprint density at radius 1 is 1.25 bits per heavy atom. The Balaban J connectivity index is 1.73. The summed E-state index contributed by atoms with van der Waals surface area (Å²) in [6.45, 7) is 2.81. The largest absolute Gasteiger partial charge is 0.452 e. The lowest BCUT2D eigenvalue weighted by Gasteiger charge is -2.09. The number of ether oxygens (including phenoxy) is 1. The maximum Gasteiger partial charge on any atom is 0.343 e. The summed E-state index contributed by atoms with van der Waals surface area (Å²) in [7, 11) is 0. The maximum atomic E-state index is 12.5. The molecule has 0 aliphatic carbocycles. The number of anilines is 1. The van der Waals surface area contributed by atoms with E-state index in [1.54, 1.807) is 61.1 Å². The number of carbonyl (C=O) groups excluding carboxylic acids is 2. The highest BCUT2D eigenvalue weighted by molar-refractivity contribution is 6.31. The first-order valence-corrected chi connectivity index (χ1v) is 8.69. The Morgan fingerprint density at radius 3 is 2.64 bits per heavy atom. The van der Waals surface area contributed by atoms with Crippen molar-refractivity contribution < 1.29 is 18.7 Å². The van der Waals surface area contributed by atoms with Crippen LogP contribution in [0.15, 0.2) is 47.1 Å². The smallest absolute Gasteiger partial charge is 0.343 e. The normalized spacial score (nSPS) is 10.4. The predicted molar refractivity (Wildman–Crippen MR) is 103 cm³/mol. The number of aromatic nitrogens is 1. The van der Waals surface area contributed by atoms with Crippen LogP contribution in [0.5, 0.6) is 0 Å². The molecular weight excluding hydrogens is 382 g/mol. The van der Waals surface area contributed by atoms with E-state index < -0.39 is 18.5 Å². The molecule has 0 spiro atoms. The van der Waals surface area contributed by atoms with Crippen LogP contribution in [-0.2, 0) is 9.53 Å². The van der Waals surface area contributed by atoms with E-state index in [1.165, 1.54) is 0 Å². The number of nitriles is 1. The number of hydrogen-bond acceptors (Lipinski definition) is 5. The zero-order valence-corrected chi connectivity index (χ0v) is 15.9. The number of benzene rings is 1. The van der Waals surface area contributed by atoms with Gasteiger partial charge in [0.25, 0.3) is 5.91 Å². The van der Waals surface area contributed by atoms with E-state index in [-0.39, 0.29) is 22.8 Å². The lowest BCUT2D eigenvalue weighted by Crippen LogP contribution is -2.21. The van der Waals surface area contributed by atoms with Gasteiger partial charge in [0, 0.05) is 23.1 Å². The number of aryl methyl sites for hydroxylation is 1. The molecule has 1 amide bonds. The minimum atomic E-state index is -0.811. The van der Waals surface area contributed by atoms with E-state index in [0.29, 0.717) is 16.3 Å². The molecule has 2 aromatic heterocycles. The van der Waals surface area contributed by atoms with Crippen molar-refractivity contribution in [3.8, 4) is 12.0 Å². The van der Waals surface area contributed by atoms with Crippen LogP contribution < -0.4 is 5.32 Å². The van der Waals surface area contributed by atoms with Crippen LogP contribution >= 0.6 is 11.6 Å². The highest BCUT2D eigenvalue weighted by Crippen LogP contribution is 2.26. The van der Waals surface area contributed by atoms with Gasteiger partial charge in [-0.05, 0) is 43.7 Å². The van der Waals surface area contributed by atoms with E-state index in [9.17, 15) is 14.9 Å². The average molecular weight is 398 g/mol. The molecule has 142 valence electrons.